The van der Waals surface area contributed by atoms with Crippen LogP contribution >= 0.6 is 0 Å². The van der Waals surface area contributed by atoms with Gasteiger partial charge in [0, 0.05) is 29.1 Å². The maximum Gasteiger partial charge on any atom is 0.118 e. The van der Waals surface area contributed by atoms with Gasteiger partial charge in [-0.3, -0.25) is 0 Å². The number of methoxy groups -OCH3 is 1. The highest BCUT2D eigenvalue weighted by Crippen LogP contribution is 2.41. The molecule has 2 unspecified atom stereocenters. The molecule has 2 atom stereocenters. The van der Waals surface area contributed by atoms with Gasteiger partial charge < -0.3 is 15.0 Å². The Labute approximate surface area is 159 Å². The fourth-order valence-electron chi connectivity index (χ4n) is 4.28. The fourth-order valence-corrected chi connectivity index (χ4v) is 4.28. The second-order valence-electron chi connectivity index (χ2n) is 7.08. The first-order chi connectivity index (χ1) is 13.3. The Balaban J connectivity index is 1.67. The largest absolute Gasteiger partial charge is 0.497 e. The Morgan fingerprint density at radius 1 is 0.815 bits per heavy atom. The van der Waals surface area contributed by atoms with Crippen LogP contribution in [-0.4, -0.2) is 18.6 Å². The molecule has 0 saturated heterocycles. The Hall–Kier alpha value is -3.04. The molecule has 1 aromatic heterocycles. The van der Waals surface area contributed by atoms with Crippen molar-refractivity contribution in [2.45, 2.75) is 12.0 Å². The highest BCUT2D eigenvalue weighted by molar-refractivity contribution is 5.86. The lowest BCUT2D eigenvalue weighted by Gasteiger charge is -2.31. The lowest BCUT2D eigenvalue weighted by molar-refractivity contribution is 0.414. The van der Waals surface area contributed by atoms with Crippen molar-refractivity contribution in [3.8, 4) is 5.75 Å². The van der Waals surface area contributed by atoms with Gasteiger partial charge in [-0.15, -0.1) is 0 Å². The van der Waals surface area contributed by atoms with E-state index in [1.165, 1.54) is 33.3 Å². The highest BCUT2D eigenvalue weighted by Gasteiger charge is 2.32. The van der Waals surface area contributed by atoms with Gasteiger partial charge in [0.15, 0.2) is 0 Å². The summed E-state index contributed by atoms with van der Waals surface area (Å²) in [7, 11) is 1.71. The van der Waals surface area contributed by atoms with Crippen molar-refractivity contribution in [2.24, 2.45) is 0 Å². The van der Waals surface area contributed by atoms with Gasteiger partial charge in [-0.25, -0.2) is 0 Å². The van der Waals surface area contributed by atoms with E-state index in [1.807, 2.05) is 12.1 Å². The molecule has 1 aliphatic rings. The molecular formula is C24H22N2O. The maximum absolute atomic E-state index is 5.33. The zero-order valence-electron chi connectivity index (χ0n) is 15.3. The first kappa shape index (κ1) is 16.2. The van der Waals surface area contributed by atoms with Crippen molar-refractivity contribution in [3.63, 3.8) is 0 Å². The Kier molecular flexibility index (Phi) is 3.95. The van der Waals surface area contributed by atoms with E-state index in [0.29, 0.717) is 5.92 Å². The monoisotopic (exact) mass is 354 g/mol. The molecule has 3 aromatic carbocycles. The molecule has 0 saturated carbocycles. The number of aromatic amines is 1. The Bertz CT molecular complexity index is 1070. The number of H-pyrrole nitrogens is 1. The highest BCUT2D eigenvalue weighted by atomic mass is 16.5. The summed E-state index contributed by atoms with van der Waals surface area (Å²) in [6.45, 7) is 0.904. The SMILES string of the molecule is COc1ccc(C2CNC(c3ccccc3)c3[nH]c4ccccc4c32)cc1. The molecule has 0 amide bonds. The number of hydrogen-bond acceptors (Lipinski definition) is 2. The molecule has 0 aliphatic carbocycles. The van der Waals surface area contributed by atoms with E-state index in [9.17, 15) is 0 Å². The third kappa shape index (κ3) is 2.71. The van der Waals surface area contributed by atoms with E-state index in [1.54, 1.807) is 7.11 Å². The fraction of sp³-hybridized carbons (Fsp3) is 0.167. The summed E-state index contributed by atoms with van der Waals surface area (Å²) < 4.78 is 5.33. The average Bonchev–Trinajstić information content (AvgIpc) is 3.13. The number of aromatic nitrogens is 1. The van der Waals surface area contributed by atoms with E-state index in [0.717, 1.165) is 12.3 Å². The summed E-state index contributed by atoms with van der Waals surface area (Å²) in [5.74, 6) is 1.20. The van der Waals surface area contributed by atoms with Crippen LogP contribution in [-0.2, 0) is 0 Å². The van der Waals surface area contributed by atoms with Crippen molar-refractivity contribution >= 4 is 10.9 Å². The van der Waals surface area contributed by atoms with Crippen LogP contribution in [0.1, 0.15) is 34.3 Å². The van der Waals surface area contributed by atoms with E-state index in [-0.39, 0.29) is 6.04 Å². The molecule has 0 bridgehead atoms. The number of fused-ring (bicyclic) bond motifs is 3. The minimum Gasteiger partial charge on any atom is -0.497 e. The van der Waals surface area contributed by atoms with E-state index >= 15 is 0 Å². The summed E-state index contributed by atoms with van der Waals surface area (Å²) >= 11 is 0. The van der Waals surface area contributed by atoms with Gasteiger partial charge in [0.25, 0.3) is 0 Å². The normalized spacial score (nSPS) is 19.0. The van der Waals surface area contributed by atoms with Crippen LogP contribution in [0.25, 0.3) is 10.9 Å². The van der Waals surface area contributed by atoms with Crippen molar-refractivity contribution in [1.29, 1.82) is 0 Å². The van der Waals surface area contributed by atoms with Crippen molar-refractivity contribution in [1.82, 2.24) is 10.3 Å². The van der Waals surface area contributed by atoms with Crippen LogP contribution in [0, 0.1) is 0 Å². The van der Waals surface area contributed by atoms with Gasteiger partial charge in [0.1, 0.15) is 5.75 Å². The minimum absolute atomic E-state index is 0.183. The third-order valence-electron chi connectivity index (χ3n) is 5.59. The van der Waals surface area contributed by atoms with Crippen LogP contribution in [0.4, 0.5) is 0 Å². The molecule has 27 heavy (non-hydrogen) atoms. The van der Waals surface area contributed by atoms with Crippen LogP contribution in [0.5, 0.6) is 5.75 Å². The molecule has 2 heterocycles. The van der Waals surface area contributed by atoms with Crippen LogP contribution in [0.15, 0.2) is 78.9 Å². The molecule has 0 fully saturated rings. The van der Waals surface area contributed by atoms with Crippen molar-refractivity contribution in [3.05, 3.63) is 101 Å². The van der Waals surface area contributed by atoms with Gasteiger partial charge >= 0.3 is 0 Å². The quantitative estimate of drug-likeness (QED) is 0.543. The second-order valence-corrected chi connectivity index (χ2v) is 7.08. The number of ether oxygens (including phenoxy) is 1. The maximum atomic E-state index is 5.33. The number of benzene rings is 3. The Morgan fingerprint density at radius 2 is 1.56 bits per heavy atom. The molecule has 134 valence electrons. The summed E-state index contributed by atoms with van der Waals surface area (Å²) in [6.07, 6.45) is 0. The molecule has 0 radical (unpaired) electrons. The zero-order valence-corrected chi connectivity index (χ0v) is 15.3. The van der Waals surface area contributed by atoms with Gasteiger partial charge in [-0.1, -0.05) is 60.7 Å². The molecular weight excluding hydrogens is 332 g/mol. The minimum atomic E-state index is 0.183. The second kappa shape index (κ2) is 6.60. The first-order valence-electron chi connectivity index (χ1n) is 9.38. The predicted octanol–water partition coefficient (Wildman–Crippen LogP) is 5.00. The summed E-state index contributed by atoms with van der Waals surface area (Å²) in [5.41, 5.74) is 6.47. The average molecular weight is 354 g/mol. The van der Waals surface area contributed by atoms with Gasteiger partial charge in [-0.05, 0) is 34.9 Å². The number of para-hydroxylation sites is 1. The van der Waals surface area contributed by atoms with Crippen LogP contribution < -0.4 is 10.1 Å². The number of rotatable bonds is 3. The number of hydrogen-bond donors (Lipinski definition) is 2. The predicted molar refractivity (Wildman–Crippen MR) is 109 cm³/mol. The van der Waals surface area contributed by atoms with Crippen LogP contribution in [0.2, 0.25) is 0 Å². The molecule has 5 rings (SSSR count). The summed E-state index contributed by atoms with van der Waals surface area (Å²) in [5, 5.41) is 5.08. The lowest BCUT2D eigenvalue weighted by Crippen LogP contribution is -2.34. The lowest BCUT2D eigenvalue weighted by atomic mass is 9.83. The molecule has 1 aliphatic heterocycles. The van der Waals surface area contributed by atoms with E-state index in [2.05, 4.69) is 77.0 Å². The Morgan fingerprint density at radius 3 is 2.33 bits per heavy atom. The van der Waals surface area contributed by atoms with Gasteiger partial charge in [-0.2, -0.15) is 0 Å². The number of nitrogens with one attached hydrogen (secondary N) is 2. The molecule has 4 aromatic rings. The topological polar surface area (TPSA) is 37.0 Å². The third-order valence-corrected chi connectivity index (χ3v) is 5.59. The first-order valence-corrected chi connectivity index (χ1v) is 9.38. The van der Waals surface area contributed by atoms with Crippen molar-refractivity contribution in [2.75, 3.05) is 13.7 Å². The summed E-state index contributed by atoms with van der Waals surface area (Å²) in [4.78, 5) is 3.70. The zero-order chi connectivity index (χ0) is 18.2. The van der Waals surface area contributed by atoms with Gasteiger partial charge in [0.05, 0.1) is 13.2 Å². The standard InChI is InChI=1S/C24H22N2O/c1-27-18-13-11-16(12-14-18)20-15-25-23(17-7-3-2-4-8-17)24-22(20)19-9-5-6-10-21(19)26-24/h2-14,20,23,25-26H,15H2,1H3. The molecule has 2 N–H and O–H groups in total. The molecule has 3 heteroatoms. The molecule has 0 spiro atoms. The smallest absolute Gasteiger partial charge is 0.118 e. The van der Waals surface area contributed by atoms with Crippen LogP contribution in [0.3, 0.4) is 0 Å². The molecule has 3 nitrogen and oxygen atoms in total. The summed E-state index contributed by atoms with van der Waals surface area (Å²) in [6, 6.07) is 27.9. The van der Waals surface area contributed by atoms with Gasteiger partial charge in [0.2, 0.25) is 0 Å². The van der Waals surface area contributed by atoms with Crippen molar-refractivity contribution < 1.29 is 4.74 Å². The van der Waals surface area contributed by atoms with E-state index < -0.39 is 0 Å². The van der Waals surface area contributed by atoms with E-state index in [4.69, 9.17) is 4.74 Å².